The van der Waals surface area contributed by atoms with Crippen LogP contribution >= 0.6 is 0 Å². The first-order valence-corrected chi connectivity index (χ1v) is 4.21. The monoisotopic (exact) mass is 155 g/mol. The van der Waals surface area contributed by atoms with Crippen LogP contribution in [0.2, 0.25) is 0 Å². The average Bonchev–Trinajstić information content (AvgIpc) is 2.32. The van der Waals surface area contributed by atoms with Crippen LogP contribution in [0.5, 0.6) is 0 Å². The van der Waals surface area contributed by atoms with E-state index in [0.717, 1.165) is 25.3 Å². The van der Waals surface area contributed by atoms with Crippen LogP contribution in [0.4, 0.5) is 4.79 Å². The number of cyclic esters (lactones) is 1. The Morgan fingerprint density at radius 2 is 2.45 bits per heavy atom. The highest BCUT2D eigenvalue weighted by molar-refractivity contribution is 5.70. The highest BCUT2D eigenvalue weighted by atomic mass is 16.6. The van der Waals surface area contributed by atoms with Gasteiger partial charge in [0.25, 0.3) is 0 Å². The highest BCUT2D eigenvalue weighted by Crippen LogP contribution is 2.26. The van der Waals surface area contributed by atoms with Crippen LogP contribution in [0, 0.1) is 5.92 Å². The summed E-state index contributed by atoms with van der Waals surface area (Å²) in [5, 5.41) is 0. The summed E-state index contributed by atoms with van der Waals surface area (Å²) >= 11 is 0. The summed E-state index contributed by atoms with van der Waals surface area (Å²) < 4.78 is 4.94. The molecule has 0 aromatic rings. The number of carbonyl (C=O) groups is 1. The first-order valence-electron chi connectivity index (χ1n) is 4.21. The molecule has 62 valence electrons. The lowest BCUT2D eigenvalue weighted by Crippen LogP contribution is -2.40. The molecule has 2 atom stereocenters. The Bertz CT molecular complexity index is 181. The van der Waals surface area contributed by atoms with Crippen molar-refractivity contribution in [2.24, 2.45) is 5.92 Å². The molecule has 2 aliphatic heterocycles. The summed E-state index contributed by atoms with van der Waals surface area (Å²) in [6.45, 7) is 3.74. The molecule has 2 fully saturated rings. The van der Waals surface area contributed by atoms with E-state index in [-0.39, 0.29) is 6.09 Å². The summed E-state index contributed by atoms with van der Waals surface area (Å²) in [4.78, 5) is 12.9. The molecule has 11 heavy (non-hydrogen) atoms. The quantitative estimate of drug-likeness (QED) is 0.526. The first-order chi connectivity index (χ1) is 5.27. The molecule has 2 rings (SSSR count). The Balaban J connectivity index is 2.06. The van der Waals surface area contributed by atoms with Gasteiger partial charge in [0.15, 0.2) is 0 Å². The van der Waals surface area contributed by atoms with Crippen molar-refractivity contribution in [3.63, 3.8) is 0 Å². The normalized spacial score (nSPS) is 36.8. The molecule has 2 unspecified atom stereocenters. The van der Waals surface area contributed by atoms with Crippen LogP contribution in [-0.2, 0) is 4.74 Å². The van der Waals surface area contributed by atoms with E-state index >= 15 is 0 Å². The molecule has 0 saturated carbocycles. The van der Waals surface area contributed by atoms with Crippen LogP contribution in [0.1, 0.15) is 19.8 Å². The maximum Gasteiger partial charge on any atom is 0.410 e. The van der Waals surface area contributed by atoms with Crippen molar-refractivity contribution >= 4 is 6.09 Å². The lowest BCUT2D eigenvalue weighted by atomic mass is 9.94. The van der Waals surface area contributed by atoms with Crippen molar-refractivity contribution in [1.29, 1.82) is 0 Å². The predicted octanol–water partition coefficient (Wildman–Crippen LogP) is 1.24. The van der Waals surface area contributed by atoms with Gasteiger partial charge in [-0.1, -0.05) is 6.92 Å². The van der Waals surface area contributed by atoms with Crippen molar-refractivity contribution in [3.05, 3.63) is 0 Å². The van der Waals surface area contributed by atoms with Crippen LogP contribution in [0.15, 0.2) is 0 Å². The highest BCUT2D eigenvalue weighted by Gasteiger charge is 2.36. The molecular weight excluding hydrogens is 142 g/mol. The summed E-state index contributed by atoms with van der Waals surface area (Å²) in [5.41, 5.74) is 0. The number of nitrogens with zero attached hydrogens (tertiary/aromatic N) is 1. The second kappa shape index (κ2) is 2.40. The number of fused-ring (bicyclic) bond motifs is 1. The molecule has 0 N–H and O–H groups in total. The molecule has 0 aromatic carbocycles. The summed E-state index contributed by atoms with van der Waals surface area (Å²) in [5.74, 6) is 0.755. The van der Waals surface area contributed by atoms with E-state index in [1.54, 1.807) is 0 Å². The molecule has 3 heteroatoms. The lowest BCUT2D eigenvalue weighted by Gasteiger charge is -2.30. The van der Waals surface area contributed by atoms with Gasteiger partial charge in [0.1, 0.15) is 6.61 Å². The smallest absolute Gasteiger partial charge is 0.410 e. The van der Waals surface area contributed by atoms with E-state index in [1.165, 1.54) is 0 Å². The SMILES string of the molecule is CC1CCN2C(=O)OCC2C1. The molecule has 3 nitrogen and oxygen atoms in total. The van der Waals surface area contributed by atoms with E-state index in [2.05, 4.69) is 6.92 Å². The summed E-state index contributed by atoms with van der Waals surface area (Å²) in [7, 11) is 0. The van der Waals surface area contributed by atoms with Crippen molar-refractivity contribution in [3.8, 4) is 0 Å². The molecule has 0 aliphatic carbocycles. The Labute approximate surface area is 66.3 Å². The molecular formula is C8H13NO2. The second-order valence-electron chi connectivity index (χ2n) is 3.55. The van der Waals surface area contributed by atoms with Crippen LogP contribution in [0.25, 0.3) is 0 Å². The van der Waals surface area contributed by atoms with Crippen LogP contribution in [0.3, 0.4) is 0 Å². The predicted molar refractivity (Wildman–Crippen MR) is 40.2 cm³/mol. The summed E-state index contributed by atoms with van der Waals surface area (Å²) in [6, 6.07) is 0.381. The van der Waals surface area contributed by atoms with Gasteiger partial charge in [-0.15, -0.1) is 0 Å². The molecule has 2 aliphatic rings. The lowest BCUT2D eigenvalue weighted by molar-refractivity contribution is 0.148. The third-order valence-electron chi connectivity index (χ3n) is 2.61. The largest absolute Gasteiger partial charge is 0.447 e. The Kier molecular flexibility index (Phi) is 1.51. The molecule has 0 radical (unpaired) electrons. The second-order valence-corrected chi connectivity index (χ2v) is 3.55. The summed E-state index contributed by atoms with van der Waals surface area (Å²) in [6.07, 6.45) is 2.14. The Morgan fingerprint density at radius 3 is 3.27 bits per heavy atom. The van der Waals surface area contributed by atoms with Gasteiger partial charge in [-0.2, -0.15) is 0 Å². The van der Waals surface area contributed by atoms with Gasteiger partial charge in [-0.05, 0) is 18.8 Å². The molecule has 0 bridgehead atoms. The van der Waals surface area contributed by atoms with E-state index in [1.807, 2.05) is 4.90 Å². The third-order valence-corrected chi connectivity index (χ3v) is 2.61. The minimum atomic E-state index is -0.109. The van der Waals surface area contributed by atoms with Gasteiger partial charge < -0.3 is 9.64 Å². The van der Waals surface area contributed by atoms with Gasteiger partial charge in [0.2, 0.25) is 0 Å². The number of rotatable bonds is 0. The fourth-order valence-corrected chi connectivity index (χ4v) is 1.90. The zero-order valence-electron chi connectivity index (χ0n) is 6.75. The van der Waals surface area contributed by atoms with E-state index in [4.69, 9.17) is 4.74 Å². The van der Waals surface area contributed by atoms with Crippen molar-refractivity contribution in [2.75, 3.05) is 13.2 Å². The zero-order valence-corrected chi connectivity index (χ0v) is 6.75. The maximum absolute atomic E-state index is 11.0. The number of hydrogen-bond acceptors (Lipinski definition) is 2. The third kappa shape index (κ3) is 1.08. The zero-order chi connectivity index (χ0) is 7.84. The van der Waals surface area contributed by atoms with Crippen LogP contribution in [-0.4, -0.2) is 30.2 Å². The average molecular weight is 155 g/mol. The standard InChI is InChI=1S/C8H13NO2/c1-6-2-3-9-7(4-6)5-11-8(9)10/h6-7H,2-5H2,1H3. The maximum atomic E-state index is 11.0. The topological polar surface area (TPSA) is 29.5 Å². The molecule has 2 saturated heterocycles. The van der Waals surface area contributed by atoms with E-state index < -0.39 is 0 Å². The molecule has 0 aromatic heterocycles. The van der Waals surface area contributed by atoms with E-state index in [0.29, 0.717) is 12.6 Å². The Hall–Kier alpha value is -0.730. The minimum Gasteiger partial charge on any atom is -0.447 e. The van der Waals surface area contributed by atoms with Gasteiger partial charge >= 0.3 is 6.09 Å². The fraction of sp³-hybridized carbons (Fsp3) is 0.875. The minimum absolute atomic E-state index is 0.109. The first kappa shape index (κ1) is 6.95. The van der Waals surface area contributed by atoms with Gasteiger partial charge in [-0.25, -0.2) is 4.79 Å². The van der Waals surface area contributed by atoms with Gasteiger partial charge in [0.05, 0.1) is 6.04 Å². The molecule has 1 amide bonds. The number of carbonyl (C=O) groups excluding carboxylic acids is 1. The Morgan fingerprint density at radius 1 is 1.64 bits per heavy atom. The van der Waals surface area contributed by atoms with Gasteiger partial charge in [0, 0.05) is 6.54 Å². The van der Waals surface area contributed by atoms with Crippen molar-refractivity contribution in [2.45, 2.75) is 25.8 Å². The van der Waals surface area contributed by atoms with Crippen molar-refractivity contribution in [1.82, 2.24) is 4.90 Å². The fourth-order valence-electron chi connectivity index (χ4n) is 1.90. The molecule has 0 spiro atoms. The molecule has 2 heterocycles. The van der Waals surface area contributed by atoms with Crippen LogP contribution < -0.4 is 0 Å². The number of piperidine rings is 1. The number of amides is 1. The van der Waals surface area contributed by atoms with E-state index in [9.17, 15) is 4.79 Å². The number of hydrogen-bond donors (Lipinski definition) is 0. The van der Waals surface area contributed by atoms with Crippen molar-refractivity contribution < 1.29 is 9.53 Å². The van der Waals surface area contributed by atoms with Gasteiger partial charge in [-0.3, -0.25) is 0 Å². The number of ether oxygens (including phenoxy) is 1.